The number of halogens is 1. The highest BCUT2D eigenvalue weighted by Gasteiger charge is 2.39. The minimum atomic E-state index is -0.962. The van der Waals surface area contributed by atoms with E-state index in [1.807, 2.05) is 23.9 Å². The lowest BCUT2D eigenvalue weighted by Crippen LogP contribution is -2.42. The van der Waals surface area contributed by atoms with Gasteiger partial charge in [-0.2, -0.15) is 0 Å². The standard InChI is InChI=1S/C24H27FN6O/c1-24(2,19-7-5-6-8-20(19)25)22(32)31-10-9-16(14-31)21-18(17-11-26-15-27-12-17)13-28-23(29-21)30(3)4/h5-8,11-13,15-16H,9-10,14H2,1-4H3/t16-/m1/s1. The Kier molecular flexibility index (Phi) is 5.86. The van der Waals surface area contributed by atoms with Gasteiger partial charge in [0.05, 0.1) is 11.1 Å². The molecule has 0 spiro atoms. The number of aromatic nitrogens is 4. The molecule has 1 amide bonds. The molecule has 3 heterocycles. The maximum absolute atomic E-state index is 14.4. The molecule has 3 aromatic rings. The average molecular weight is 435 g/mol. The van der Waals surface area contributed by atoms with Crippen LogP contribution in [0, 0.1) is 5.82 Å². The van der Waals surface area contributed by atoms with Crippen LogP contribution < -0.4 is 4.90 Å². The molecule has 0 bridgehead atoms. The summed E-state index contributed by atoms with van der Waals surface area (Å²) < 4.78 is 14.4. The minimum absolute atomic E-state index is 0.0345. The van der Waals surface area contributed by atoms with E-state index in [4.69, 9.17) is 4.98 Å². The van der Waals surface area contributed by atoms with Crippen LogP contribution in [0.4, 0.5) is 10.3 Å². The fraction of sp³-hybridized carbons (Fsp3) is 0.375. The van der Waals surface area contributed by atoms with Crippen molar-refractivity contribution in [3.63, 3.8) is 0 Å². The molecule has 1 atom stereocenters. The van der Waals surface area contributed by atoms with E-state index in [-0.39, 0.29) is 17.6 Å². The summed E-state index contributed by atoms with van der Waals surface area (Å²) in [6, 6.07) is 6.48. The molecule has 0 radical (unpaired) electrons. The lowest BCUT2D eigenvalue weighted by atomic mass is 9.83. The number of benzene rings is 1. The van der Waals surface area contributed by atoms with Crippen molar-refractivity contribution in [1.82, 2.24) is 24.8 Å². The van der Waals surface area contributed by atoms with Crippen molar-refractivity contribution in [2.45, 2.75) is 31.6 Å². The number of carbonyl (C=O) groups is 1. The third-order valence-electron chi connectivity index (χ3n) is 6.02. The van der Waals surface area contributed by atoms with Crippen molar-refractivity contribution < 1.29 is 9.18 Å². The highest BCUT2D eigenvalue weighted by atomic mass is 19.1. The molecule has 2 aromatic heterocycles. The van der Waals surface area contributed by atoms with Gasteiger partial charge in [0.15, 0.2) is 0 Å². The van der Waals surface area contributed by atoms with Crippen LogP contribution in [-0.4, -0.2) is 57.9 Å². The number of rotatable bonds is 5. The molecule has 32 heavy (non-hydrogen) atoms. The smallest absolute Gasteiger partial charge is 0.232 e. The second kappa shape index (κ2) is 8.61. The number of amides is 1. The molecular formula is C24H27FN6O. The van der Waals surface area contributed by atoms with Crippen LogP contribution in [-0.2, 0) is 10.2 Å². The van der Waals surface area contributed by atoms with E-state index < -0.39 is 5.41 Å². The van der Waals surface area contributed by atoms with E-state index in [2.05, 4.69) is 15.0 Å². The molecule has 1 aliphatic rings. The van der Waals surface area contributed by atoms with Crippen molar-refractivity contribution >= 4 is 11.9 Å². The van der Waals surface area contributed by atoms with Gasteiger partial charge in [0.25, 0.3) is 0 Å². The van der Waals surface area contributed by atoms with Crippen LogP contribution in [0.2, 0.25) is 0 Å². The van der Waals surface area contributed by atoms with E-state index in [0.717, 1.165) is 23.2 Å². The molecule has 7 nitrogen and oxygen atoms in total. The van der Waals surface area contributed by atoms with Crippen molar-refractivity contribution in [2.75, 3.05) is 32.1 Å². The largest absolute Gasteiger partial charge is 0.347 e. The monoisotopic (exact) mass is 434 g/mol. The fourth-order valence-electron chi connectivity index (χ4n) is 4.22. The van der Waals surface area contributed by atoms with Gasteiger partial charge < -0.3 is 9.80 Å². The fourth-order valence-corrected chi connectivity index (χ4v) is 4.22. The summed E-state index contributed by atoms with van der Waals surface area (Å²) in [6.07, 6.45) is 7.53. The summed E-state index contributed by atoms with van der Waals surface area (Å²) in [5.74, 6) is 0.195. The predicted molar refractivity (Wildman–Crippen MR) is 121 cm³/mol. The molecule has 4 rings (SSSR count). The predicted octanol–water partition coefficient (Wildman–Crippen LogP) is 3.43. The van der Waals surface area contributed by atoms with Gasteiger partial charge in [-0.15, -0.1) is 0 Å². The third-order valence-corrected chi connectivity index (χ3v) is 6.02. The van der Waals surface area contributed by atoms with Gasteiger partial charge in [0, 0.05) is 68.4 Å². The Balaban J connectivity index is 1.64. The van der Waals surface area contributed by atoms with Crippen LogP contribution in [0.15, 0.2) is 49.2 Å². The Bertz CT molecular complexity index is 1120. The Labute approximate surface area is 187 Å². The number of anilines is 1. The van der Waals surface area contributed by atoms with E-state index in [9.17, 15) is 9.18 Å². The highest BCUT2D eigenvalue weighted by Crippen LogP contribution is 2.36. The zero-order valence-electron chi connectivity index (χ0n) is 18.8. The zero-order chi connectivity index (χ0) is 22.9. The molecule has 1 aliphatic heterocycles. The minimum Gasteiger partial charge on any atom is -0.347 e. The first kappa shape index (κ1) is 21.8. The van der Waals surface area contributed by atoms with Gasteiger partial charge in [-0.3, -0.25) is 4.79 Å². The third kappa shape index (κ3) is 4.04. The second-order valence-corrected chi connectivity index (χ2v) is 8.83. The number of nitrogens with zero attached hydrogens (tertiary/aromatic N) is 6. The van der Waals surface area contributed by atoms with Crippen molar-refractivity contribution in [1.29, 1.82) is 0 Å². The number of hydrogen-bond donors (Lipinski definition) is 0. The SMILES string of the molecule is CN(C)c1ncc(-c2cncnc2)c([C@@H]2CCN(C(=O)C(C)(C)c3ccccc3F)C2)n1. The Morgan fingerprint density at radius 1 is 1.16 bits per heavy atom. The van der Waals surface area contributed by atoms with Crippen LogP contribution >= 0.6 is 0 Å². The molecule has 0 saturated carbocycles. The first-order chi connectivity index (χ1) is 15.3. The molecule has 0 aliphatic carbocycles. The maximum atomic E-state index is 14.4. The molecule has 1 fully saturated rings. The van der Waals surface area contributed by atoms with Gasteiger partial charge in [-0.25, -0.2) is 24.3 Å². The van der Waals surface area contributed by atoms with Crippen molar-refractivity contribution in [2.24, 2.45) is 0 Å². The lowest BCUT2D eigenvalue weighted by Gasteiger charge is -2.30. The zero-order valence-corrected chi connectivity index (χ0v) is 18.8. The molecule has 1 saturated heterocycles. The molecule has 0 unspecified atom stereocenters. The molecular weight excluding hydrogens is 407 g/mol. The number of likely N-dealkylation sites (tertiary alicyclic amines) is 1. The lowest BCUT2D eigenvalue weighted by molar-refractivity contribution is -0.135. The van der Waals surface area contributed by atoms with E-state index in [1.165, 1.54) is 12.4 Å². The quantitative estimate of drug-likeness (QED) is 0.613. The van der Waals surface area contributed by atoms with Gasteiger partial charge in [-0.1, -0.05) is 18.2 Å². The molecule has 166 valence electrons. The Morgan fingerprint density at radius 2 is 1.88 bits per heavy atom. The van der Waals surface area contributed by atoms with E-state index >= 15 is 0 Å². The molecule has 8 heteroatoms. The summed E-state index contributed by atoms with van der Waals surface area (Å²) in [5, 5.41) is 0. The van der Waals surface area contributed by atoms with Crippen molar-refractivity contribution in [3.05, 3.63) is 66.3 Å². The van der Waals surface area contributed by atoms with Gasteiger partial charge in [0.2, 0.25) is 11.9 Å². The number of hydrogen-bond acceptors (Lipinski definition) is 6. The van der Waals surface area contributed by atoms with Gasteiger partial charge >= 0.3 is 0 Å². The summed E-state index contributed by atoms with van der Waals surface area (Å²) in [7, 11) is 3.79. The van der Waals surface area contributed by atoms with Crippen LogP contribution in [0.3, 0.4) is 0 Å². The van der Waals surface area contributed by atoms with Crippen LogP contribution in [0.25, 0.3) is 11.1 Å². The van der Waals surface area contributed by atoms with Crippen LogP contribution in [0.5, 0.6) is 0 Å². The Hall–Kier alpha value is -3.42. The van der Waals surface area contributed by atoms with E-state index in [0.29, 0.717) is 24.6 Å². The topological polar surface area (TPSA) is 75.1 Å². The summed E-state index contributed by atoms with van der Waals surface area (Å²) in [6.45, 7) is 4.67. The summed E-state index contributed by atoms with van der Waals surface area (Å²) in [4.78, 5) is 34.6. The maximum Gasteiger partial charge on any atom is 0.232 e. The van der Waals surface area contributed by atoms with E-state index in [1.54, 1.807) is 50.6 Å². The summed E-state index contributed by atoms with van der Waals surface area (Å²) in [5.41, 5.74) is 2.02. The average Bonchev–Trinajstić information content (AvgIpc) is 3.29. The molecule has 1 aromatic carbocycles. The first-order valence-corrected chi connectivity index (χ1v) is 10.6. The normalized spacial score (nSPS) is 16.3. The highest BCUT2D eigenvalue weighted by molar-refractivity contribution is 5.87. The second-order valence-electron chi connectivity index (χ2n) is 8.83. The van der Waals surface area contributed by atoms with Crippen LogP contribution in [0.1, 0.15) is 37.4 Å². The van der Waals surface area contributed by atoms with Crippen molar-refractivity contribution in [3.8, 4) is 11.1 Å². The van der Waals surface area contributed by atoms with Gasteiger partial charge in [-0.05, 0) is 26.3 Å². The molecule has 0 N–H and O–H groups in total. The number of carbonyl (C=O) groups excluding carboxylic acids is 1. The summed E-state index contributed by atoms with van der Waals surface area (Å²) >= 11 is 0. The Morgan fingerprint density at radius 3 is 2.56 bits per heavy atom. The first-order valence-electron chi connectivity index (χ1n) is 10.6. The van der Waals surface area contributed by atoms with Gasteiger partial charge in [0.1, 0.15) is 12.1 Å².